The Morgan fingerprint density at radius 3 is 2.70 bits per heavy atom. The van der Waals surface area contributed by atoms with Gasteiger partial charge in [0.15, 0.2) is 0 Å². The number of alkyl carbamates (subject to hydrolysis) is 1. The molecule has 0 saturated heterocycles. The second-order valence-electron chi connectivity index (χ2n) is 5.88. The number of esters is 1. The maximum absolute atomic E-state index is 12.0. The fourth-order valence-corrected chi connectivity index (χ4v) is 2.20. The number of aromatic amines is 1. The van der Waals surface area contributed by atoms with Gasteiger partial charge in [-0.15, -0.1) is 0 Å². The van der Waals surface area contributed by atoms with Crippen molar-refractivity contribution in [3.8, 4) is 0 Å². The lowest BCUT2D eigenvalue weighted by Crippen LogP contribution is -2.47. The van der Waals surface area contributed by atoms with Crippen molar-refractivity contribution in [2.75, 3.05) is 7.11 Å². The second kappa shape index (κ2) is 4.81. The quantitative estimate of drug-likeness (QED) is 0.815. The van der Waals surface area contributed by atoms with Crippen LogP contribution in [0, 0.1) is 0 Å². The van der Waals surface area contributed by atoms with Crippen molar-refractivity contribution in [2.24, 2.45) is 0 Å². The molecule has 0 spiro atoms. The first-order valence-electron chi connectivity index (χ1n) is 6.37. The zero-order valence-corrected chi connectivity index (χ0v) is 12.0. The average molecular weight is 281 g/mol. The van der Waals surface area contributed by atoms with E-state index in [0.29, 0.717) is 6.42 Å². The fraction of sp³-hybridized carbons (Fsp3) is 0.615. The van der Waals surface area contributed by atoms with Gasteiger partial charge >= 0.3 is 12.1 Å². The number of amides is 1. The van der Waals surface area contributed by atoms with Crippen LogP contribution in [0.4, 0.5) is 4.79 Å². The molecule has 0 aromatic carbocycles. The van der Waals surface area contributed by atoms with Gasteiger partial charge in [-0.1, -0.05) is 0 Å². The molecule has 0 unspecified atom stereocenters. The molecule has 2 N–H and O–H groups in total. The third kappa shape index (κ3) is 2.76. The Labute approximate surface area is 117 Å². The molecule has 1 aromatic heterocycles. The highest BCUT2D eigenvalue weighted by atomic mass is 16.6. The average Bonchev–Trinajstić information content (AvgIpc) is 2.82. The summed E-state index contributed by atoms with van der Waals surface area (Å²) in [5, 5.41) is 9.18. The molecule has 110 valence electrons. The van der Waals surface area contributed by atoms with E-state index in [0.717, 1.165) is 5.56 Å². The first-order valence-corrected chi connectivity index (χ1v) is 6.37. The molecule has 7 nitrogen and oxygen atoms in total. The monoisotopic (exact) mass is 281 g/mol. The standard InChI is InChI=1S/C13H19N3O4/c1-12(2,3)20-11(18)16-13(10(17)19-4)5-9(13)8-6-14-15-7-8/h6-7,9H,5H2,1-4H3,(H,14,15)(H,16,18)/t9-,13-/m1/s1. The number of rotatable bonds is 3. The lowest BCUT2D eigenvalue weighted by atomic mass is 10.1. The van der Waals surface area contributed by atoms with Gasteiger partial charge in [0.1, 0.15) is 11.1 Å². The lowest BCUT2D eigenvalue weighted by Gasteiger charge is -2.23. The molecule has 0 aliphatic heterocycles. The molecule has 20 heavy (non-hydrogen) atoms. The summed E-state index contributed by atoms with van der Waals surface area (Å²) < 4.78 is 9.99. The number of ether oxygens (including phenoxy) is 2. The Hall–Kier alpha value is -2.05. The van der Waals surface area contributed by atoms with Crippen LogP contribution in [0.2, 0.25) is 0 Å². The molecule has 0 radical (unpaired) electrons. The number of carbonyl (C=O) groups excluding carboxylic acids is 2. The Bertz CT molecular complexity index is 506. The van der Waals surface area contributed by atoms with Crippen LogP contribution in [-0.4, -0.2) is 40.5 Å². The van der Waals surface area contributed by atoms with Gasteiger partial charge in [0.25, 0.3) is 0 Å². The molecule has 0 bridgehead atoms. The van der Waals surface area contributed by atoms with Crippen LogP contribution in [0.5, 0.6) is 0 Å². The van der Waals surface area contributed by atoms with Crippen LogP contribution in [0.25, 0.3) is 0 Å². The van der Waals surface area contributed by atoms with Crippen LogP contribution < -0.4 is 5.32 Å². The molecule has 2 rings (SSSR count). The van der Waals surface area contributed by atoms with E-state index in [1.54, 1.807) is 33.2 Å². The summed E-state index contributed by atoms with van der Waals surface area (Å²) in [6.07, 6.45) is 3.17. The largest absolute Gasteiger partial charge is 0.467 e. The minimum absolute atomic E-state index is 0.152. The molecule has 2 atom stereocenters. The van der Waals surface area contributed by atoms with Crippen molar-refractivity contribution in [3.05, 3.63) is 18.0 Å². The molecular formula is C13H19N3O4. The number of nitrogens with zero attached hydrogens (tertiary/aromatic N) is 1. The van der Waals surface area contributed by atoms with Crippen molar-refractivity contribution in [3.63, 3.8) is 0 Å². The summed E-state index contributed by atoms with van der Waals surface area (Å²) in [6, 6.07) is 0. The predicted octanol–water partition coefficient (Wildman–Crippen LogP) is 1.33. The maximum Gasteiger partial charge on any atom is 0.408 e. The summed E-state index contributed by atoms with van der Waals surface area (Å²) in [5.74, 6) is -0.629. The zero-order valence-electron chi connectivity index (χ0n) is 12.0. The third-order valence-electron chi connectivity index (χ3n) is 3.16. The first-order chi connectivity index (χ1) is 9.28. The van der Waals surface area contributed by atoms with E-state index >= 15 is 0 Å². The highest BCUT2D eigenvalue weighted by Gasteiger charge is 2.63. The van der Waals surface area contributed by atoms with Crippen LogP contribution in [0.3, 0.4) is 0 Å². The van der Waals surface area contributed by atoms with Gasteiger partial charge in [-0.05, 0) is 32.8 Å². The van der Waals surface area contributed by atoms with E-state index in [2.05, 4.69) is 15.5 Å². The first kappa shape index (κ1) is 14.4. The number of hydrogen-bond acceptors (Lipinski definition) is 5. The van der Waals surface area contributed by atoms with Crippen LogP contribution >= 0.6 is 0 Å². The highest BCUT2D eigenvalue weighted by Crippen LogP contribution is 2.52. The van der Waals surface area contributed by atoms with Gasteiger partial charge < -0.3 is 14.8 Å². The molecule has 1 aliphatic carbocycles. The smallest absolute Gasteiger partial charge is 0.408 e. The normalized spacial score (nSPS) is 24.9. The van der Waals surface area contributed by atoms with Gasteiger partial charge in [0.05, 0.1) is 13.3 Å². The molecule has 7 heteroatoms. The van der Waals surface area contributed by atoms with E-state index in [1.807, 2.05) is 0 Å². The molecule has 1 aliphatic rings. The van der Waals surface area contributed by atoms with E-state index in [4.69, 9.17) is 9.47 Å². The molecule has 1 amide bonds. The Kier molecular flexibility index (Phi) is 3.45. The van der Waals surface area contributed by atoms with E-state index < -0.39 is 23.2 Å². The second-order valence-corrected chi connectivity index (χ2v) is 5.88. The topological polar surface area (TPSA) is 93.3 Å². The van der Waals surface area contributed by atoms with Gasteiger partial charge in [-0.2, -0.15) is 5.10 Å². The maximum atomic E-state index is 12.0. The SMILES string of the molecule is COC(=O)[C@@]1(NC(=O)OC(C)(C)C)C[C@@H]1c1cn[nH]c1. The third-order valence-corrected chi connectivity index (χ3v) is 3.16. The summed E-state index contributed by atoms with van der Waals surface area (Å²) in [4.78, 5) is 23.9. The van der Waals surface area contributed by atoms with Crippen molar-refractivity contribution in [1.82, 2.24) is 15.5 Å². The number of hydrogen-bond donors (Lipinski definition) is 2. The van der Waals surface area contributed by atoms with Crippen molar-refractivity contribution in [2.45, 2.75) is 44.2 Å². The number of H-pyrrole nitrogens is 1. The Morgan fingerprint density at radius 1 is 1.50 bits per heavy atom. The van der Waals surface area contributed by atoms with E-state index in [1.165, 1.54) is 7.11 Å². The summed E-state index contributed by atoms with van der Waals surface area (Å²) >= 11 is 0. The molecule has 1 heterocycles. The van der Waals surface area contributed by atoms with Gasteiger partial charge in [0, 0.05) is 12.1 Å². The lowest BCUT2D eigenvalue weighted by molar-refractivity contribution is -0.144. The van der Waals surface area contributed by atoms with Crippen molar-refractivity contribution in [1.29, 1.82) is 0 Å². The summed E-state index contributed by atoms with van der Waals surface area (Å²) in [5.41, 5.74) is -0.825. The number of carbonyl (C=O) groups is 2. The molecule has 1 aromatic rings. The zero-order chi connectivity index (χ0) is 15.0. The Balaban J connectivity index is 2.11. The number of methoxy groups -OCH3 is 1. The van der Waals surface area contributed by atoms with Gasteiger partial charge in [-0.25, -0.2) is 9.59 Å². The molecule has 1 fully saturated rings. The minimum Gasteiger partial charge on any atom is -0.467 e. The fourth-order valence-electron chi connectivity index (χ4n) is 2.20. The predicted molar refractivity (Wildman–Crippen MR) is 70.1 cm³/mol. The summed E-state index contributed by atoms with van der Waals surface area (Å²) in [7, 11) is 1.30. The van der Waals surface area contributed by atoms with Gasteiger partial charge in [-0.3, -0.25) is 5.10 Å². The van der Waals surface area contributed by atoms with Crippen LogP contribution in [0.15, 0.2) is 12.4 Å². The summed E-state index contributed by atoms with van der Waals surface area (Å²) in [6.45, 7) is 5.29. The highest BCUT2D eigenvalue weighted by molar-refractivity contribution is 5.91. The number of nitrogens with one attached hydrogen (secondary N) is 2. The minimum atomic E-state index is -1.05. The van der Waals surface area contributed by atoms with Crippen molar-refractivity contribution >= 4 is 12.1 Å². The number of aromatic nitrogens is 2. The van der Waals surface area contributed by atoms with Crippen molar-refractivity contribution < 1.29 is 19.1 Å². The molecule has 1 saturated carbocycles. The molecular weight excluding hydrogens is 262 g/mol. The Morgan fingerprint density at radius 2 is 2.20 bits per heavy atom. The van der Waals surface area contributed by atoms with E-state index in [9.17, 15) is 9.59 Å². The van der Waals surface area contributed by atoms with Gasteiger partial charge in [0.2, 0.25) is 0 Å². The van der Waals surface area contributed by atoms with Crippen LogP contribution in [-0.2, 0) is 14.3 Å². The van der Waals surface area contributed by atoms with Crippen LogP contribution in [0.1, 0.15) is 38.7 Å². The van der Waals surface area contributed by atoms with E-state index in [-0.39, 0.29) is 5.92 Å².